The number of anilines is 1. The molecule has 4 N–H and O–H groups in total. The molecule has 1 saturated carbocycles. The van der Waals surface area contributed by atoms with Crippen LogP contribution in [-0.4, -0.2) is 16.5 Å². The zero-order valence-electron chi connectivity index (χ0n) is 11.9. The molecule has 0 radical (unpaired) electrons. The lowest BCUT2D eigenvalue weighted by Gasteiger charge is -2.08. The van der Waals surface area contributed by atoms with Crippen molar-refractivity contribution < 1.29 is 0 Å². The smallest absolute Gasteiger partial charge is 0.252 e. The Morgan fingerprint density at radius 1 is 1.24 bits per heavy atom. The van der Waals surface area contributed by atoms with Crippen molar-refractivity contribution in [1.82, 2.24) is 9.97 Å². The van der Waals surface area contributed by atoms with E-state index in [0.717, 1.165) is 30.7 Å². The average Bonchev–Trinajstić information content (AvgIpc) is 3.31. The second kappa shape index (κ2) is 6.10. The lowest BCUT2D eigenvalue weighted by Crippen LogP contribution is -2.13. The minimum Gasteiger partial charge on any atom is -0.366 e. The summed E-state index contributed by atoms with van der Waals surface area (Å²) < 4.78 is 0. The summed E-state index contributed by atoms with van der Waals surface area (Å²) in [6, 6.07) is 9.84. The van der Waals surface area contributed by atoms with Crippen molar-refractivity contribution >= 4 is 5.82 Å². The van der Waals surface area contributed by atoms with Crippen LogP contribution in [0.25, 0.3) is 0 Å². The maximum atomic E-state index is 11.6. The highest BCUT2D eigenvalue weighted by molar-refractivity contribution is 5.36. The molecule has 1 aromatic heterocycles. The fourth-order valence-corrected chi connectivity index (χ4v) is 2.30. The topological polar surface area (TPSA) is 83.8 Å². The molecule has 3 rings (SSSR count). The fourth-order valence-electron chi connectivity index (χ4n) is 2.30. The molecule has 2 aromatic rings. The lowest BCUT2D eigenvalue weighted by atomic mass is 10.1. The molecular weight excluding hydrogens is 264 g/mol. The van der Waals surface area contributed by atoms with Gasteiger partial charge in [-0.2, -0.15) is 0 Å². The van der Waals surface area contributed by atoms with Crippen LogP contribution in [-0.2, 0) is 13.0 Å². The quantitative estimate of drug-likeness (QED) is 0.754. The van der Waals surface area contributed by atoms with E-state index in [2.05, 4.69) is 39.6 Å². The molecule has 5 heteroatoms. The maximum Gasteiger partial charge on any atom is 0.252 e. The van der Waals surface area contributed by atoms with Crippen molar-refractivity contribution in [3.8, 4) is 0 Å². The molecule has 1 fully saturated rings. The molecule has 1 heterocycles. The summed E-state index contributed by atoms with van der Waals surface area (Å²) in [5.74, 6) is 1.89. The standard InChI is InChI=1S/C16H20N4O/c17-8-7-11-1-3-12(4-2-11)10-18-14-9-15(21)20-16(19-14)13-5-6-13/h1-4,9,13H,5-8,10,17H2,(H2,18,19,20,21). The molecule has 21 heavy (non-hydrogen) atoms. The van der Waals surface area contributed by atoms with Crippen molar-refractivity contribution in [2.24, 2.45) is 5.73 Å². The van der Waals surface area contributed by atoms with E-state index in [9.17, 15) is 4.79 Å². The maximum absolute atomic E-state index is 11.6. The van der Waals surface area contributed by atoms with Crippen LogP contribution >= 0.6 is 0 Å². The molecule has 1 aliphatic rings. The van der Waals surface area contributed by atoms with Crippen LogP contribution in [0.15, 0.2) is 35.1 Å². The third kappa shape index (κ3) is 3.70. The third-order valence-corrected chi connectivity index (χ3v) is 3.65. The van der Waals surface area contributed by atoms with Gasteiger partial charge in [0.25, 0.3) is 5.56 Å². The molecule has 0 spiro atoms. The van der Waals surface area contributed by atoms with E-state index >= 15 is 0 Å². The summed E-state index contributed by atoms with van der Waals surface area (Å²) in [5.41, 5.74) is 7.85. The number of nitrogens with zero attached hydrogens (tertiary/aromatic N) is 1. The Balaban J connectivity index is 1.65. The zero-order valence-corrected chi connectivity index (χ0v) is 11.9. The number of rotatable bonds is 6. The number of hydrogen-bond donors (Lipinski definition) is 3. The first-order chi connectivity index (χ1) is 10.2. The monoisotopic (exact) mass is 284 g/mol. The first-order valence-electron chi connectivity index (χ1n) is 7.37. The van der Waals surface area contributed by atoms with E-state index in [-0.39, 0.29) is 5.56 Å². The summed E-state index contributed by atoms with van der Waals surface area (Å²) in [6.07, 6.45) is 3.14. The molecule has 0 unspecified atom stereocenters. The molecule has 0 saturated heterocycles. The summed E-state index contributed by atoms with van der Waals surface area (Å²) in [5, 5.41) is 3.22. The van der Waals surface area contributed by atoms with Crippen molar-refractivity contribution in [2.75, 3.05) is 11.9 Å². The Hall–Kier alpha value is -2.14. The second-order valence-corrected chi connectivity index (χ2v) is 5.50. The number of aromatic nitrogens is 2. The fraction of sp³-hybridized carbons (Fsp3) is 0.375. The molecule has 1 aromatic carbocycles. The van der Waals surface area contributed by atoms with Gasteiger partial charge in [-0.15, -0.1) is 0 Å². The van der Waals surface area contributed by atoms with Gasteiger partial charge in [-0.05, 0) is 36.9 Å². The van der Waals surface area contributed by atoms with E-state index in [1.165, 1.54) is 11.6 Å². The van der Waals surface area contributed by atoms with Crippen LogP contribution in [0.5, 0.6) is 0 Å². The number of hydrogen-bond acceptors (Lipinski definition) is 4. The number of H-pyrrole nitrogens is 1. The van der Waals surface area contributed by atoms with Gasteiger partial charge in [0.1, 0.15) is 11.6 Å². The minimum atomic E-state index is -0.0901. The Bertz CT molecular complexity index is 659. The molecule has 0 atom stereocenters. The molecule has 0 aliphatic heterocycles. The van der Waals surface area contributed by atoms with Gasteiger partial charge in [0.05, 0.1) is 0 Å². The largest absolute Gasteiger partial charge is 0.366 e. The van der Waals surface area contributed by atoms with Gasteiger partial charge in [0.2, 0.25) is 0 Å². The first-order valence-corrected chi connectivity index (χ1v) is 7.37. The molecule has 1 aliphatic carbocycles. The van der Waals surface area contributed by atoms with Gasteiger partial charge in [-0.25, -0.2) is 4.98 Å². The van der Waals surface area contributed by atoms with Crippen LogP contribution in [0, 0.1) is 0 Å². The van der Waals surface area contributed by atoms with E-state index in [0.29, 0.717) is 24.8 Å². The van der Waals surface area contributed by atoms with Crippen LogP contribution in [0.1, 0.15) is 35.7 Å². The summed E-state index contributed by atoms with van der Waals surface area (Å²) in [6.45, 7) is 1.32. The number of benzene rings is 1. The normalized spacial score (nSPS) is 14.1. The zero-order chi connectivity index (χ0) is 14.7. The van der Waals surface area contributed by atoms with E-state index in [1.807, 2.05) is 0 Å². The van der Waals surface area contributed by atoms with Gasteiger partial charge in [-0.1, -0.05) is 24.3 Å². The Kier molecular flexibility index (Phi) is 4.01. The molecular formula is C16H20N4O. The molecule has 0 bridgehead atoms. The molecule has 5 nitrogen and oxygen atoms in total. The predicted octanol–water partition coefficient (Wildman–Crippen LogP) is 1.76. The third-order valence-electron chi connectivity index (χ3n) is 3.65. The Morgan fingerprint density at radius 2 is 1.95 bits per heavy atom. The average molecular weight is 284 g/mol. The molecule has 110 valence electrons. The SMILES string of the molecule is NCCc1ccc(CNc2cc(=O)[nH]c(C3CC3)n2)cc1. The van der Waals surface area contributed by atoms with Gasteiger partial charge >= 0.3 is 0 Å². The number of nitrogens with one attached hydrogen (secondary N) is 2. The van der Waals surface area contributed by atoms with Crippen molar-refractivity contribution in [3.05, 3.63) is 57.6 Å². The van der Waals surface area contributed by atoms with Crippen LogP contribution in [0.4, 0.5) is 5.82 Å². The number of nitrogens with two attached hydrogens (primary N) is 1. The second-order valence-electron chi connectivity index (χ2n) is 5.50. The van der Waals surface area contributed by atoms with E-state index < -0.39 is 0 Å². The van der Waals surface area contributed by atoms with Crippen LogP contribution in [0.2, 0.25) is 0 Å². The minimum absolute atomic E-state index is 0.0901. The lowest BCUT2D eigenvalue weighted by molar-refractivity contribution is 0.903. The molecule has 0 amide bonds. The predicted molar refractivity (Wildman–Crippen MR) is 83.4 cm³/mol. The van der Waals surface area contributed by atoms with Gasteiger partial charge in [-0.3, -0.25) is 4.79 Å². The van der Waals surface area contributed by atoms with Gasteiger partial charge in [0.15, 0.2) is 0 Å². The Morgan fingerprint density at radius 3 is 2.62 bits per heavy atom. The van der Waals surface area contributed by atoms with Gasteiger partial charge < -0.3 is 16.0 Å². The van der Waals surface area contributed by atoms with E-state index in [4.69, 9.17) is 5.73 Å². The van der Waals surface area contributed by atoms with Crippen molar-refractivity contribution in [2.45, 2.75) is 31.7 Å². The van der Waals surface area contributed by atoms with Crippen LogP contribution in [0.3, 0.4) is 0 Å². The summed E-state index contributed by atoms with van der Waals surface area (Å²) in [4.78, 5) is 18.9. The van der Waals surface area contributed by atoms with Crippen molar-refractivity contribution in [1.29, 1.82) is 0 Å². The first kappa shape index (κ1) is 13.8. The number of aromatic amines is 1. The highest BCUT2D eigenvalue weighted by Gasteiger charge is 2.26. The highest BCUT2D eigenvalue weighted by atomic mass is 16.1. The summed E-state index contributed by atoms with van der Waals surface area (Å²) >= 11 is 0. The summed E-state index contributed by atoms with van der Waals surface area (Å²) in [7, 11) is 0. The van der Waals surface area contributed by atoms with Crippen LogP contribution < -0.4 is 16.6 Å². The van der Waals surface area contributed by atoms with Crippen molar-refractivity contribution in [3.63, 3.8) is 0 Å². The Labute approximate surface area is 123 Å². The van der Waals surface area contributed by atoms with Gasteiger partial charge in [0, 0.05) is 18.5 Å². The van der Waals surface area contributed by atoms with E-state index in [1.54, 1.807) is 0 Å². The highest BCUT2D eigenvalue weighted by Crippen LogP contribution is 2.37.